The van der Waals surface area contributed by atoms with E-state index in [0.717, 1.165) is 0 Å². The van der Waals surface area contributed by atoms with Crippen molar-refractivity contribution in [3.8, 4) is 0 Å². The third-order valence-electron chi connectivity index (χ3n) is 2.46. The Morgan fingerprint density at radius 1 is 1.17 bits per heavy atom. The van der Waals surface area contributed by atoms with E-state index < -0.39 is 11.9 Å². The number of nitrogens with one attached hydrogen (secondary N) is 1. The van der Waals surface area contributed by atoms with Gasteiger partial charge in [0.2, 0.25) is 0 Å². The first-order chi connectivity index (χ1) is 8.09. The van der Waals surface area contributed by atoms with Crippen molar-refractivity contribution in [2.75, 3.05) is 6.54 Å². The standard InChI is InChI=1S/C13H19F3N2/c1-9-5-6-10(7-8-17-12(2,3)4)18-11(9)13(14,15)16/h5-6,17H,7-8H2,1-4H3. The van der Waals surface area contributed by atoms with Gasteiger partial charge < -0.3 is 5.32 Å². The molecule has 0 unspecified atom stereocenters. The Morgan fingerprint density at radius 3 is 2.28 bits per heavy atom. The lowest BCUT2D eigenvalue weighted by atomic mass is 10.1. The number of rotatable bonds is 3. The van der Waals surface area contributed by atoms with Crippen molar-refractivity contribution in [1.82, 2.24) is 10.3 Å². The molecule has 0 aliphatic rings. The summed E-state index contributed by atoms with van der Waals surface area (Å²) in [6.07, 6.45) is -3.89. The van der Waals surface area contributed by atoms with Crippen molar-refractivity contribution in [2.45, 2.75) is 45.8 Å². The molecular formula is C13H19F3N2. The molecule has 0 saturated carbocycles. The summed E-state index contributed by atoms with van der Waals surface area (Å²) >= 11 is 0. The van der Waals surface area contributed by atoms with Crippen molar-refractivity contribution in [3.05, 3.63) is 29.1 Å². The molecule has 0 amide bonds. The zero-order chi connectivity index (χ0) is 14.0. The van der Waals surface area contributed by atoms with Crippen LogP contribution in [0.15, 0.2) is 12.1 Å². The molecule has 0 bridgehead atoms. The second kappa shape index (κ2) is 5.26. The van der Waals surface area contributed by atoms with E-state index >= 15 is 0 Å². The van der Waals surface area contributed by atoms with E-state index in [9.17, 15) is 13.2 Å². The van der Waals surface area contributed by atoms with Gasteiger partial charge in [0, 0.05) is 24.2 Å². The van der Waals surface area contributed by atoms with Crippen molar-refractivity contribution in [3.63, 3.8) is 0 Å². The Hall–Kier alpha value is -1.10. The van der Waals surface area contributed by atoms with E-state index in [1.165, 1.54) is 13.0 Å². The van der Waals surface area contributed by atoms with Crippen LogP contribution in [0.25, 0.3) is 0 Å². The Balaban J connectivity index is 2.74. The predicted octanol–water partition coefficient (Wildman–Crippen LogP) is 3.34. The van der Waals surface area contributed by atoms with Crippen LogP contribution in [0.1, 0.15) is 37.7 Å². The predicted molar refractivity (Wildman–Crippen MR) is 65.4 cm³/mol. The van der Waals surface area contributed by atoms with Crippen LogP contribution >= 0.6 is 0 Å². The summed E-state index contributed by atoms with van der Waals surface area (Å²) in [5.41, 5.74) is -0.201. The minimum absolute atomic E-state index is 0.0441. The second-order valence-electron chi connectivity index (χ2n) is 5.39. The van der Waals surface area contributed by atoms with E-state index in [-0.39, 0.29) is 11.1 Å². The van der Waals surface area contributed by atoms with Crippen LogP contribution in [-0.4, -0.2) is 17.1 Å². The molecule has 0 radical (unpaired) electrons. The maximum Gasteiger partial charge on any atom is 0.433 e. The maximum absolute atomic E-state index is 12.7. The number of aryl methyl sites for hydroxylation is 1. The van der Waals surface area contributed by atoms with Gasteiger partial charge in [-0.3, -0.25) is 0 Å². The summed E-state index contributed by atoms with van der Waals surface area (Å²) in [6.45, 7) is 8.06. The largest absolute Gasteiger partial charge is 0.433 e. The van der Waals surface area contributed by atoms with Crippen molar-refractivity contribution in [2.24, 2.45) is 0 Å². The van der Waals surface area contributed by atoms with Crippen molar-refractivity contribution >= 4 is 0 Å². The summed E-state index contributed by atoms with van der Waals surface area (Å²) in [5, 5.41) is 3.22. The van der Waals surface area contributed by atoms with Gasteiger partial charge in [-0.1, -0.05) is 6.07 Å². The molecule has 0 aliphatic heterocycles. The average Bonchev–Trinajstić information content (AvgIpc) is 2.17. The fraction of sp³-hybridized carbons (Fsp3) is 0.615. The summed E-state index contributed by atoms with van der Waals surface area (Å²) in [5.74, 6) is 0. The van der Waals surface area contributed by atoms with Gasteiger partial charge >= 0.3 is 6.18 Å². The highest BCUT2D eigenvalue weighted by Gasteiger charge is 2.34. The molecule has 0 atom stereocenters. The number of alkyl halides is 3. The van der Waals surface area contributed by atoms with Crippen LogP contribution in [-0.2, 0) is 12.6 Å². The minimum atomic E-state index is -4.38. The SMILES string of the molecule is Cc1ccc(CCNC(C)(C)C)nc1C(F)(F)F. The Morgan fingerprint density at radius 2 is 1.78 bits per heavy atom. The lowest BCUT2D eigenvalue weighted by Crippen LogP contribution is -2.37. The van der Waals surface area contributed by atoms with E-state index in [4.69, 9.17) is 0 Å². The molecule has 1 rings (SSSR count). The van der Waals surface area contributed by atoms with Gasteiger partial charge in [0.25, 0.3) is 0 Å². The van der Waals surface area contributed by atoms with Gasteiger partial charge in [-0.2, -0.15) is 13.2 Å². The molecule has 0 saturated heterocycles. The molecule has 0 aliphatic carbocycles. The summed E-state index contributed by atoms with van der Waals surface area (Å²) < 4.78 is 38.0. The third kappa shape index (κ3) is 4.64. The van der Waals surface area contributed by atoms with Gasteiger partial charge in [-0.05, 0) is 39.3 Å². The molecule has 5 heteroatoms. The van der Waals surface area contributed by atoms with Gasteiger partial charge in [-0.15, -0.1) is 0 Å². The van der Waals surface area contributed by atoms with Gasteiger partial charge in [-0.25, -0.2) is 4.98 Å². The van der Waals surface area contributed by atoms with Gasteiger partial charge in [0.15, 0.2) is 0 Å². The second-order valence-corrected chi connectivity index (χ2v) is 5.39. The molecule has 0 aromatic carbocycles. The minimum Gasteiger partial charge on any atom is -0.312 e. The monoisotopic (exact) mass is 260 g/mol. The topological polar surface area (TPSA) is 24.9 Å². The number of hydrogen-bond acceptors (Lipinski definition) is 2. The zero-order valence-corrected chi connectivity index (χ0v) is 11.2. The van der Waals surface area contributed by atoms with Gasteiger partial charge in [0.05, 0.1) is 0 Å². The summed E-state index contributed by atoms with van der Waals surface area (Å²) in [4.78, 5) is 3.70. The lowest BCUT2D eigenvalue weighted by molar-refractivity contribution is -0.141. The Kier molecular flexibility index (Phi) is 4.37. The number of aromatic nitrogens is 1. The fourth-order valence-corrected chi connectivity index (χ4v) is 1.56. The molecule has 102 valence electrons. The van der Waals surface area contributed by atoms with E-state index in [1.807, 2.05) is 20.8 Å². The number of halogens is 3. The smallest absolute Gasteiger partial charge is 0.312 e. The quantitative estimate of drug-likeness (QED) is 0.901. The molecule has 2 nitrogen and oxygen atoms in total. The normalized spacial score (nSPS) is 12.8. The van der Waals surface area contributed by atoms with Crippen LogP contribution in [0.3, 0.4) is 0 Å². The first kappa shape index (κ1) is 15.0. The zero-order valence-electron chi connectivity index (χ0n) is 11.2. The average molecular weight is 260 g/mol. The maximum atomic E-state index is 12.7. The lowest BCUT2D eigenvalue weighted by Gasteiger charge is -2.20. The molecule has 0 fully saturated rings. The van der Waals surface area contributed by atoms with Crippen LogP contribution in [0.4, 0.5) is 13.2 Å². The van der Waals surface area contributed by atoms with Crippen molar-refractivity contribution in [1.29, 1.82) is 0 Å². The summed E-state index contributed by atoms with van der Waals surface area (Å²) in [6, 6.07) is 3.12. The molecule has 1 aromatic heterocycles. The molecule has 18 heavy (non-hydrogen) atoms. The summed E-state index contributed by atoms with van der Waals surface area (Å²) in [7, 11) is 0. The van der Waals surface area contributed by atoms with Crippen LogP contribution < -0.4 is 5.32 Å². The third-order valence-corrected chi connectivity index (χ3v) is 2.46. The highest BCUT2D eigenvalue weighted by Crippen LogP contribution is 2.30. The van der Waals surface area contributed by atoms with E-state index in [0.29, 0.717) is 18.7 Å². The fourth-order valence-electron chi connectivity index (χ4n) is 1.56. The first-order valence-electron chi connectivity index (χ1n) is 5.88. The van der Waals surface area contributed by atoms with Crippen LogP contribution in [0, 0.1) is 6.92 Å². The molecule has 1 N–H and O–H groups in total. The number of nitrogens with zero attached hydrogens (tertiary/aromatic N) is 1. The van der Waals surface area contributed by atoms with Crippen LogP contribution in [0.5, 0.6) is 0 Å². The molecule has 1 aromatic rings. The number of pyridine rings is 1. The van der Waals surface area contributed by atoms with Crippen LogP contribution in [0.2, 0.25) is 0 Å². The highest BCUT2D eigenvalue weighted by atomic mass is 19.4. The highest BCUT2D eigenvalue weighted by molar-refractivity contribution is 5.24. The molecule has 1 heterocycles. The number of hydrogen-bond donors (Lipinski definition) is 1. The van der Waals surface area contributed by atoms with Crippen molar-refractivity contribution < 1.29 is 13.2 Å². The van der Waals surface area contributed by atoms with E-state index in [1.54, 1.807) is 6.07 Å². The van der Waals surface area contributed by atoms with Gasteiger partial charge in [0.1, 0.15) is 5.69 Å². The Labute approximate surface area is 106 Å². The van der Waals surface area contributed by atoms with E-state index in [2.05, 4.69) is 10.3 Å². The Bertz CT molecular complexity index is 406. The molecule has 0 spiro atoms. The molecular weight excluding hydrogens is 241 g/mol. The first-order valence-corrected chi connectivity index (χ1v) is 5.88.